The Kier molecular flexibility index (Phi) is 3.21. The third kappa shape index (κ3) is 2.16. The van der Waals surface area contributed by atoms with Gasteiger partial charge in [0.1, 0.15) is 17.5 Å². The van der Waals surface area contributed by atoms with Crippen molar-refractivity contribution in [3.05, 3.63) is 41.7 Å². The molecule has 1 aromatic carbocycles. The van der Waals surface area contributed by atoms with E-state index in [1.807, 2.05) is 35.2 Å². The average molecular weight is 330 g/mol. The highest BCUT2D eigenvalue weighted by Gasteiger charge is 2.61. The summed E-state index contributed by atoms with van der Waals surface area (Å²) in [5, 5.41) is 12.2. The first kappa shape index (κ1) is 14.6. The molecule has 0 saturated carbocycles. The fourth-order valence-electron chi connectivity index (χ4n) is 3.34. The molecule has 3 unspecified atom stereocenters. The largest absolute Gasteiger partial charge is 0.317 e. The Morgan fingerprint density at radius 2 is 2.04 bits per heavy atom. The van der Waals surface area contributed by atoms with Gasteiger partial charge in [-0.15, -0.1) is 16.9 Å². The number of carbonyl (C=O) groups excluding carboxylic acids is 1. The molecule has 1 aromatic heterocycles. The summed E-state index contributed by atoms with van der Waals surface area (Å²) in [5.41, 5.74) is 7.05. The summed E-state index contributed by atoms with van der Waals surface area (Å²) in [6.07, 6.45) is 0. The molecule has 0 radical (unpaired) electrons. The van der Waals surface area contributed by atoms with E-state index < -0.39 is 6.04 Å². The van der Waals surface area contributed by atoms with Crippen LogP contribution in [-0.4, -0.2) is 47.2 Å². The number of β-lactam (4-membered cyclic amide) rings is 1. The number of nitrogens with zero attached hydrogens (tertiary/aromatic N) is 5. The van der Waals surface area contributed by atoms with Gasteiger partial charge in [-0.2, -0.15) is 0 Å². The molecule has 2 saturated heterocycles. The minimum atomic E-state index is -0.414. The lowest BCUT2D eigenvalue weighted by Gasteiger charge is -2.42. The number of hydrogen-bond donors (Lipinski definition) is 1. The molecule has 120 valence electrons. The Hall–Kier alpha value is -1.93. The molecule has 4 rings (SSSR count). The molecule has 1 amide bonds. The molecular formula is C15H18N6OS. The van der Waals surface area contributed by atoms with Crippen LogP contribution in [0.1, 0.15) is 31.3 Å². The molecule has 0 aliphatic carbocycles. The zero-order valence-electron chi connectivity index (χ0n) is 13.0. The van der Waals surface area contributed by atoms with Crippen LogP contribution >= 0.6 is 11.8 Å². The molecule has 2 aromatic rings. The third-order valence-electron chi connectivity index (χ3n) is 4.46. The van der Waals surface area contributed by atoms with Crippen molar-refractivity contribution < 1.29 is 4.79 Å². The lowest BCUT2D eigenvalue weighted by Crippen LogP contribution is -2.65. The maximum Gasteiger partial charge on any atom is 0.244 e. The van der Waals surface area contributed by atoms with Crippen molar-refractivity contribution in [2.75, 3.05) is 0 Å². The zero-order chi connectivity index (χ0) is 16.2. The van der Waals surface area contributed by atoms with Gasteiger partial charge in [0.2, 0.25) is 5.91 Å². The first-order valence-corrected chi connectivity index (χ1v) is 8.42. The average Bonchev–Trinajstić information content (AvgIpc) is 3.07. The van der Waals surface area contributed by atoms with Gasteiger partial charge in [-0.05, 0) is 29.8 Å². The molecule has 23 heavy (non-hydrogen) atoms. The van der Waals surface area contributed by atoms with Crippen LogP contribution in [-0.2, 0) is 11.3 Å². The van der Waals surface area contributed by atoms with Crippen LogP contribution in [0.4, 0.5) is 0 Å². The van der Waals surface area contributed by atoms with Crippen LogP contribution in [0.2, 0.25) is 0 Å². The number of nitrogens with two attached hydrogens (primary N) is 1. The number of hydrogen-bond acceptors (Lipinski definition) is 6. The summed E-state index contributed by atoms with van der Waals surface area (Å²) >= 11 is 1.72. The lowest BCUT2D eigenvalue weighted by atomic mass is 9.95. The van der Waals surface area contributed by atoms with Gasteiger partial charge < -0.3 is 10.6 Å². The summed E-state index contributed by atoms with van der Waals surface area (Å²) < 4.78 is 1.60. The summed E-state index contributed by atoms with van der Waals surface area (Å²) in [5.74, 6) is 0.696. The Balaban J connectivity index is 1.68. The van der Waals surface area contributed by atoms with Gasteiger partial charge in [-0.3, -0.25) is 4.79 Å². The highest BCUT2D eigenvalue weighted by molar-refractivity contribution is 8.01. The second-order valence-electron chi connectivity index (χ2n) is 6.47. The topological polar surface area (TPSA) is 89.9 Å². The maximum atomic E-state index is 12.2. The Morgan fingerprint density at radius 1 is 1.30 bits per heavy atom. The second-order valence-corrected chi connectivity index (χ2v) is 8.24. The van der Waals surface area contributed by atoms with Gasteiger partial charge in [-0.25, -0.2) is 4.68 Å². The van der Waals surface area contributed by atoms with E-state index in [9.17, 15) is 4.79 Å². The third-order valence-corrected chi connectivity index (χ3v) is 6.05. The number of rotatable bonds is 3. The Morgan fingerprint density at radius 3 is 2.78 bits per heavy atom. The lowest BCUT2D eigenvalue weighted by molar-refractivity contribution is -0.147. The highest BCUT2D eigenvalue weighted by atomic mass is 32.2. The van der Waals surface area contributed by atoms with Crippen molar-refractivity contribution in [1.82, 2.24) is 25.1 Å². The number of benzene rings is 1. The van der Waals surface area contributed by atoms with E-state index in [-0.39, 0.29) is 22.1 Å². The number of carbonyl (C=O) groups is 1. The second kappa shape index (κ2) is 5.04. The van der Waals surface area contributed by atoms with E-state index in [2.05, 4.69) is 29.4 Å². The molecule has 2 fully saturated rings. The van der Waals surface area contributed by atoms with Crippen LogP contribution < -0.4 is 5.73 Å². The van der Waals surface area contributed by atoms with Crippen molar-refractivity contribution in [3.8, 4) is 0 Å². The van der Waals surface area contributed by atoms with Crippen LogP contribution in [0.25, 0.3) is 0 Å². The normalized spacial score (nSPS) is 28.6. The number of tetrazole rings is 1. The number of amides is 1. The van der Waals surface area contributed by atoms with Crippen molar-refractivity contribution >= 4 is 17.7 Å². The van der Waals surface area contributed by atoms with Gasteiger partial charge in [0.25, 0.3) is 0 Å². The van der Waals surface area contributed by atoms with Crippen LogP contribution in [0.3, 0.4) is 0 Å². The quantitative estimate of drug-likeness (QED) is 0.837. The molecular weight excluding hydrogens is 312 g/mol. The predicted octanol–water partition coefficient (Wildman–Crippen LogP) is 0.783. The van der Waals surface area contributed by atoms with E-state index in [4.69, 9.17) is 5.73 Å². The van der Waals surface area contributed by atoms with Crippen LogP contribution in [0.15, 0.2) is 30.3 Å². The number of aromatic nitrogens is 4. The standard InChI is InChI=1S/C15H18N6OS/c1-15(2)11(21-13(22)10(16)14(21)23-15)12-17-18-19-20(12)8-9-6-4-3-5-7-9/h3-7,10-11,14H,8,16H2,1-2H3. The molecule has 2 aliphatic rings. The zero-order valence-corrected chi connectivity index (χ0v) is 13.8. The van der Waals surface area contributed by atoms with Crippen molar-refractivity contribution in [1.29, 1.82) is 0 Å². The van der Waals surface area contributed by atoms with Crippen molar-refractivity contribution in [2.24, 2.45) is 5.73 Å². The summed E-state index contributed by atoms with van der Waals surface area (Å²) in [6.45, 7) is 4.81. The van der Waals surface area contributed by atoms with Gasteiger partial charge in [-0.1, -0.05) is 30.3 Å². The van der Waals surface area contributed by atoms with Gasteiger partial charge in [0, 0.05) is 4.75 Å². The van der Waals surface area contributed by atoms with Gasteiger partial charge >= 0.3 is 0 Å². The highest BCUT2D eigenvalue weighted by Crippen LogP contribution is 2.56. The molecule has 0 spiro atoms. The van der Waals surface area contributed by atoms with Gasteiger partial charge in [0.05, 0.1) is 6.54 Å². The summed E-state index contributed by atoms with van der Waals surface area (Å²) in [4.78, 5) is 14.1. The predicted molar refractivity (Wildman–Crippen MR) is 86.4 cm³/mol. The molecule has 0 bridgehead atoms. The molecule has 8 heteroatoms. The van der Waals surface area contributed by atoms with Crippen molar-refractivity contribution in [3.63, 3.8) is 0 Å². The molecule has 2 N–H and O–H groups in total. The SMILES string of the molecule is CC1(C)SC2C(N)C(=O)N2C1c1nnnn1Cc1ccccc1. The minimum Gasteiger partial charge on any atom is -0.317 e. The minimum absolute atomic E-state index is 0.0179. The first-order valence-electron chi connectivity index (χ1n) is 7.54. The van der Waals surface area contributed by atoms with Crippen molar-refractivity contribution in [2.45, 2.75) is 42.6 Å². The maximum absolute atomic E-state index is 12.2. The summed E-state index contributed by atoms with van der Waals surface area (Å²) in [6, 6.07) is 9.45. The first-order chi connectivity index (χ1) is 11.0. The molecule has 3 heterocycles. The van der Waals surface area contributed by atoms with Gasteiger partial charge in [0.15, 0.2) is 5.82 Å². The fourth-order valence-corrected chi connectivity index (χ4v) is 4.91. The monoisotopic (exact) mass is 330 g/mol. The van der Waals surface area contributed by atoms with E-state index in [1.165, 1.54) is 0 Å². The molecule has 7 nitrogen and oxygen atoms in total. The van der Waals surface area contributed by atoms with Crippen LogP contribution in [0, 0.1) is 0 Å². The Bertz CT molecular complexity index is 745. The Labute approximate surface area is 138 Å². The van der Waals surface area contributed by atoms with E-state index in [0.717, 1.165) is 5.56 Å². The van der Waals surface area contributed by atoms with Crippen LogP contribution in [0.5, 0.6) is 0 Å². The number of fused-ring (bicyclic) bond motifs is 1. The molecule has 2 aliphatic heterocycles. The van der Waals surface area contributed by atoms with E-state index in [0.29, 0.717) is 12.4 Å². The smallest absolute Gasteiger partial charge is 0.244 e. The summed E-state index contributed by atoms with van der Waals surface area (Å²) in [7, 11) is 0. The fraction of sp³-hybridized carbons (Fsp3) is 0.467. The molecule has 3 atom stereocenters. The number of thioether (sulfide) groups is 1. The van der Waals surface area contributed by atoms with E-state index >= 15 is 0 Å². The van der Waals surface area contributed by atoms with E-state index in [1.54, 1.807) is 16.4 Å².